The molecule has 0 atom stereocenters. The summed E-state index contributed by atoms with van der Waals surface area (Å²) in [6.07, 6.45) is 0.593. The summed E-state index contributed by atoms with van der Waals surface area (Å²) in [4.78, 5) is 14.9. The predicted octanol–water partition coefficient (Wildman–Crippen LogP) is 2.18. The molecule has 0 unspecified atom stereocenters. The number of ether oxygens (including phenoxy) is 1. The van der Waals surface area contributed by atoms with Crippen LogP contribution in [-0.2, 0) is 0 Å². The van der Waals surface area contributed by atoms with Crippen LogP contribution in [0.1, 0.15) is 34.8 Å². The van der Waals surface area contributed by atoms with E-state index >= 15 is 0 Å². The van der Waals surface area contributed by atoms with Gasteiger partial charge < -0.3 is 15.0 Å². The lowest BCUT2D eigenvalue weighted by Crippen LogP contribution is -2.44. The van der Waals surface area contributed by atoms with Gasteiger partial charge >= 0.3 is 0 Å². The van der Waals surface area contributed by atoms with Gasteiger partial charge in [-0.05, 0) is 44.0 Å². The maximum Gasteiger partial charge on any atom is 0.164 e. The Morgan fingerprint density at radius 1 is 1.24 bits per heavy atom. The normalized spacial score (nSPS) is 16.0. The Balaban J connectivity index is 2.01. The molecule has 4 nitrogen and oxygen atoms in total. The predicted molar refractivity (Wildman–Crippen MR) is 85.3 cm³/mol. The third kappa shape index (κ3) is 4.29. The summed E-state index contributed by atoms with van der Waals surface area (Å²) in [5.74, 6) is 1.10. The molecule has 0 bridgehead atoms. The van der Waals surface area contributed by atoms with Gasteiger partial charge in [0.05, 0.1) is 6.61 Å². The van der Waals surface area contributed by atoms with Crippen molar-refractivity contribution in [1.82, 2.24) is 10.2 Å². The van der Waals surface area contributed by atoms with Crippen molar-refractivity contribution < 1.29 is 9.53 Å². The van der Waals surface area contributed by atoms with Gasteiger partial charge in [0.25, 0.3) is 0 Å². The fourth-order valence-electron chi connectivity index (χ4n) is 2.93. The van der Waals surface area contributed by atoms with Crippen molar-refractivity contribution in [2.75, 3.05) is 39.3 Å². The standard InChI is InChI=1S/C17H26N2O2/c1-4-21-15-11-13(2)17(14(3)12-15)16(20)5-8-19-9-6-18-7-10-19/h11-12,18H,4-10H2,1-3H3. The van der Waals surface area contributed by atoms with Gasteiger partial charge in [0.15, 0.2) is 5.78 Å². The second kappa shape index (κ2) is 7.57. The van der Waals surface area contributed by atoms with Gasteiger partial charge in [-0.15, -0.1) is 0 Å². The minimum Gasteiger partial charge on any atom is -0.494 e. The maximum absolute atomic E-state index is 12.5. The first kappa shape index (κ1) is 16.0. The van der Waals surface area contributed by atoms with E-state index in [2.05, 4.69) is 10.2 Å². The van der Waals surface area contributed by atoms with E-state index in [1.165, 1.54) is 0 Å². The number of piperazine rings is 1. The topological polar surface area (TPSA) is 41.6 Å². The number of nitrogens with zero attached hydrogens (tertiary/aromatic N) is 1. The van der Waals surface area contributed by atoms with Crippen LogP contribution < -0.4 is 10.1 Å². The van der Waals surface area contributed by atoms with Crippen LogP contribution in [0.25, 0.3) is 0 Å². The number of Topliss-reactive ketones (excluding diaryl/α,β-unsaturated/α-hetero) is 1. The monoisotopic (exact) mass is 290 g/mol. The van der Waals surface area contributed by atoms with Crippen LogP contribution in [0.5, 0.6) is 5.75 Å². The number of carbonyl (C=O) groups excluding carboxylic acids is 1. The molecule has 1 aliphatic rings. The smallest absolute Gasteiger partial charge is 0.164 e. The Morgan fingerprint density at radius 3 is 2.43 bits per heavy atom. The quantitative estimate of drug-likeness (QED) is 0.815. The van der Waals surface area contributed by atoms with Crippen LogP contribution in [0.15, 0.2) is 12.1 Å². The summed E-state index contributed by atoms with van der Waals surface area (Å²) in [5.41, 5.74) is 2.90. The fourth-order valence-corrected chi connectivity index (χ4v) is 2.93. The minimum absolute atomic E-state index is 0.242. The summed E-state index contributed by atoms with van der Waals surface area (Å²) >= 11 is 0. The Hall–Kier alpha value is -1.39. The number of hydrogen-bond acceptors (Lipinski definition) is 4. The Labute approximate surface area is 127 Å². The van der Waals surface area contributed by atoms with Gasteiger partial charge in [-0.25, -0.2) is 0 Å². The Bertz CT molecular complexity index is 471. The van der Waals surface area contributed by atoms with Gasteiger partial charge in [0.2, 0.25) is 0 Å². The second-order valence-electron chi connectivity index (χ2n) is 5.63. The molecule has 1 N–H and O–H groups in total. The molecule has 1 saturated heterocycles. The molecule has 1 aromatic rings. The molecule has 0 saturated carbocycles. The number of ketones is 1. The summed E-state index contributed by atoms with van der Waals surface area (Å²) in [7, 11) is 0. The Morgan fingerprint density at radius 2 is 1.86 bits per heavy atom. The summed E-state index contributed by atoms with van der Waals surface area (Å²) in [6.45, 7) is 11.6. The number of nitrogens with one attached hydrogen (secondary N) is 1. The second-order valence-corrected chi connectivity index (χ2v) is 5.63. The van der Waals surface area contributed by atoms with E-state index in [1.807, 2.05) is 32.9 Å². The molecule has 0 radical (unpaired) electrons. The van der Waals surface area contributed by atoms with Gasteiger partial charge in [-0.1, -0.05) is 0 Å². The third-order valence-corrected chi connectivity index (χ3v) is 3.96. The van der Waals surface area contributed by atoms with E-state index in [0.717, 1.165) is 55.2 Å². The highest BCUT2D eigenvalue weighted by molar-refractivity contribution is 5.99. The minimum atomic E-state index is 0.242. The molecular formula is C17H26N2O2. The number of aryl methyl sites for hydroxylation is 2. The number of carbonyl (C=O) groups is 1. The van der Waals surface area contributed by atoms with E-state index in [1.54, 1.807) is 0 Å². The van der Waals surface area contributed by atoms with E-state index in [-0.39, 0.29) is 5.78 Å². The molecular weight excluding hydrogens is 264 g/mol. The highest BCUT2D eigenvalue weighted by atomic mass is 16.5. The molecule has 1 aromatic carbocycles. The third-order valence-electron chi connectivity index (χ3n) is 3.96. The maximum atomic E-state index is 12.5. The van der Waals surface area contributed by atoms with Crippen LogP contribution >= 0.6 is 0 Å². The van der Waals surface area contributed by atoms with Crippen molar-refractivity contribution in [2.45, 2.75) is 27.2 Å². The highest BCUT2D eigenvalue weighted by Gasteiger charge is 2.16. The van der Waals surface area contributed by atoms with Crippen molar-refractivity contribution in [1.29, 1.82) is 0 Å². The van der Waals surface area contributed by atoms with E-state index < -0.39 is 0 Å². The molecule has 116 valence electrons. The van der Waals surface area contributed by atoms with E-state index in [4.69, 9.17) is 4.74 Å². The molecule has 0 aliphatic carbocycles. The van der Waals surface area contributed by atoms with Crippen LogP contribution in [0.4, 0.5) is 0 Å². The van der Waals surface area contributed by atoms with Crippen molar-refractivity contribution in [3.05, 3.63) is 28.8 Å². The average molecular weight is 290 g/mol. The molecule has 0 spiro atoms. The molecule has 0 aromatic heterocycles. The average Bonchev–Trinajstić information content (AvgIpc) is 2.46. The summed E-state index contributed by atoms with van der Waals surface area (Å²) < 4.78 is 5.53. The zero-order chi connectivity index (χ0) is 15.2. The van der Waals surface area contributed by atoms with Gasteiger partial charge in [-0.3, -0.25) is 4.79 Å². The first-order valence-corrected chi connectivity index (χ1v) is 7.82. The van der Waals surface area contributed by atoms with Gasteiger partial charge in [0, 0.05) is 44.7 Å². The largest absolute Gasteiger partial charge is 0.494 e. The molecule has 2 rings (SSSR count). The number of hydrogen-bond donors (Lipinski definition) is 1. The van der Waals surface area contributed by atoms with Crippen molar-refractivity contribution in [2.24, 2.45) is 0 Å². The van der Waals surface area contributed by atoms with Crippen molar-refractivity contribution in [3.8, 4) is 5.75 Å². The van der Waals surface area contributed by atoms with Crippen LogP contribution in [0, 0.1) is 13.8 Å². The van der Waals surface area contributed by atoms with Crippen LogP contribution in [0.3, 0.4) is 0 Å². The highest BCUT2D eigenvalue weighted by Crippen LogP contribution is 2.23. The molecule has 0 amide bonds. The number of rotatable bonds is 6. The lowest BCUT2D eigenvalue weighted by molar-refractivity contribution is 0.0959. The molecule has 1 fully saturated rings. The van der Waals surface area contributed by atoms with Crippen molar-refractivity contribution >= 4 is 5.78 Å². The first-order chi connectivity index (χ1) is 10.1. The van der Waals surface area contributed by atoms with E-state index in [9.17, 15) is 4.79 Å². The van der Waals surface area contributed by atoms with Crippen LogP contribution in [0.2, 0.25) is 0 Å². The Kier molecular flexibility index (Phi) is 5.76. The first-order valence-electron chi connectivity index (χ1n) is 7.82. The molecule has 4 heteroatoms. The SMILES string of the molecule is CCOc1cc(C)c(C(=O)CCN2CCNCC2)c(C)c1. The van der Waals surface area contributed by atoms with Gasteiger partial charge in [-0.2, -0.15) is 0 Å². The molecule has 21 heavy (non-hydrogen) atoms. The zero-order valence-electron chi connectivity index (χ0n) is 13.4. The van der Waals surface area contributed by atoms with Crippen LogP contribution in [-0.4, -0.2) is 50.0 Å². The van der Waals surface area contributed by atoms with Crippen molar-refractivity contribution in [3.63, 3.8) is 0 Å². The fraction of sp³-hybridized carbons (Fsp3) is 0.588. The lowest BCUT2D eigenvalue weighted by Gasteiger charge is -2.27. The summed E-state index contributed by atoms with van der Waals surface area (Å²) in [6, 6.07) is 3.93. The summed E-state index contributed by atoms with van der Waals surface area (Å²) in [5, 5.41) is 3.33. The van der Waals surface area contributed by atoms with Gasteiger partial charge in [0.1, 0.15) is 5.75 Å². The number of benzene rings is 1. The molecule has 1 heterocycles. The van der Waals surface area contributed by atoms with E-state index in [0.29, 0.717) is 13.0 Å². The molecule has 1 aliphatic heterocycles. The lowest BCUT2D eigenvalue weighted by atomic mass is 9.97. The zero-order valence-corrected chi connectivity index (χ0v) is 13.4.